The molecule has 1 aromatic carbocycles. The second-order valence-corrected chi connectivity index (χ2v) is 6.89. The Kier molecular flexibility index (Phi) is 5.87. The molecule has 3 aromatic rings. The first-order valence-electron chi connectivity index (χ1n) is 7.85. The smallest absolute Gasteiger partial charge is 0.306 e. The molecule has 0 aliphatic rings. The molecule has 0 spiro atoms. The van der Waals surface area contributed by atoms with Crippen LogP contribution in [-0.4, -0.2) is 30.4 Å². The lowest BCUT2D eigenvalue weighted by atomic mass is 10.2. The molecular weight excluding hydrogens is 440 g/mol. The van der Waals surface area contributed by atoms with Gasteiger partial charge in [-0.1, -0.05) is 29.8 Å². The molecule has 0 atom stereocenters. The van der Waals surface area contributed by atoms with Gasteiger partial charge in [0.25, 0.3) is 0 Å². The monoisotopic (exact) mass is 452 g/mol. The Balaban J connectivity index is 1.58. The highest BCUT2D eigenvalue weighted by molar-refractivity contribution is 9.10. The number of nitrogens with zero attached hydrogens (tertiary/aromatic N) is 5. The Morgan fingerprint density at radius 1 is 1.30 bits per heavy atom. The van der Waals surface area contributed by atoms with Gasteiger partial charge in [0.05, 0.1) is 15.9 Å². The molecule has 0 fully saturated rings. The summed E-state index contributed by atoms with van der Waals surface area (Å²) < 4.78 is 3.65. The molecule has 140 valence electrons. The Morgan fingerprint density at radius 2 is 2.07 bits per heavy atom. The van der Waals surface area contributed by atoms with Crippen LogP contribution in [0, 0.1) is 10.1 Å². The van der Waals surface area contributed by atoms with Gasteiger partial charge in [-0.15, -0.1) is 0 Å². The SMILES string of the molecule is O=C(CCn1cc([N+](=O)[O-])cn1)Nc1nn(Cc2ccccc2Cl)cc1Br. The Bertz CT molecular complexity index is 986. The average molecular weight is 454 g/mol. The summed E-state index contributed by atoms with van der Waals surface area (Å²) >= 11 is 9.52. The van der Waals surface area contributed by atoms with E-state index < -0.39 is 4.92 Å². The van der Waals surface area contributed by atoms with Crippen LogP contribution in [-0.2, 0) is 17.9 Å². The van der Waals surface area contributed by atoms with E-state index in [1.165, 1.54) is 10.9 Å². The van der Waals surface area contributed by atoms with E-state index in [0.29, 0.717) is 21.9 Å². The first-order chi connectivity index (χ1) is 12.9. The molecule has 0 unspecified atom stereocenters. The second kappa shape index (κ2) is 8.31. The Morgan fingerprint density at radius 3 is 2.78 bits per heavy atom. The van der Waals surface area contributed by atoms with Gasteiger partial charge in [0.2, 0.25) is 5.91 Å². The maximum Gasteiger partial charge on any atom is 0.306 e. The number of halogens is 2. The van der Waals surface area contributed by atoms with Crippen LogP contribution < -0.4 is 5.32 Å². The highest BCUT2D eigenvalue weighted by atomic mass is 79.9. The topological polar surface area (TPSA) is 108 Å². The third-order valence-corrected chi connectivity index (χ3v) is 4.61. The summed E-state index contributed by atoms with van der Waals surface area (Å²) in [4.78, 5) is 22.2. The van der Waals surface area contributed by atoms with Gasteiger partial charge >= 0.3 is 5.69 Å². The maximum atomic E-state index is 12.1. The molecule has 0 saturated carbocycles. The van der Waals surface area contributed by atoms with Crippen LogP contribution in [0.3, 0.4) is 0 Å². The molecule has 0 saturated heterocycles. The number of hydrogen-bond donors (Lipinski definition) is 1. The number of aryl methyl sites for hydroxylation is 1. The van der Waals surface area contributed by atoms with Crippen molar-refractivity contribution in [2.45, 2.75) is 19.5 Å². The molecule has 0 aliphatic heterocycles. The largest absolute Gasteiger partial charge is 0.308 e. The number of aromatic nitrogens is 4. The summed E-state index contributed by atoms with van der Waals surface area (Å²) in [6.45, 7) is 0.683. The predicted molar refractivity (Wildman–Crippen MR) is 103 cm³/mol. The highest BCUT2D eigenvalue weighted by Crippen LogP contribution is 2.22. The quantitative estimate of drug-likeness (QED) is 0.435. The minimum atomic E-state index is -0.535. The van der Waals surface area contributed by atoms with E-state index in [1.807, 2.05) is 18.2 Å². The van der Waals surface area contributed by atoms with Crippen molar-refractivity contribution >= 4 is 44.9 Å². The van der Waals surface area contributed by atoms with Crippen LogP contribution in [0.2, 0.25) is 5.02 Å². The van der Waals surface area contributed by atoms with Gasteiger partial charge in [-0.3, -0.25) is 24.3 Å². The number of hydrogen-bond acceptors (Lipinski definition) is 5. The summed E-state index contributed by atoms with van der Waals surface area (Å²) in [6.07, 6.45) is 4.27. The fraction of sp³-hybridized carbons (Fsp3) is 0.188. The zero-order valence-corrected chi connectivity index (χ0v) is 16.2. The molecule has 0 radical (unpaired) electrons. The van der Waals surface area contributed by atoms with Gasteiger partial charge in [-0.25, -0.2) is 0 Å². The Hall–Kier alpha value is -2.72. The molecule has 9 nitrogen and oxygen atoms in total. The number of nitro groups is 1. The van der Waals surface area contributed by atoms with Crippen molar-refractivity contribution in [3.63, 3.8) is 0 Å². The first-order valence-corrected chi connectivity index (χ1v) is 9.02. The molecule has 0 bridgehead atoms. The number of carbonyl (C=O) groups excluding carboxylic acids is 1. The van der Waals surface area contributed by atoms with Crippen molar-refractivity contribution in [3.8, 4) is 0 Å². The lowest BCUT2D eigenvalue weighted by Gasteiger charge is -2.05. The van der Waals surface area contributed by atoms with Crippen molar-refractivity contribution < 1.29 is 9.72 Å². The standard InChI is InChI=1S/C16H14BrClN6O3/c17-13-10-23(8-11-3-1-2-4-14(11)18)21-16(13)20-15(25)5-6-22-9-12(7-19-22)24(26)27/h1-4,7,9-10H,5-6,8H2,(H,20,21,25). The minimum absolute atomic E-state index is 0.0998. The second-order valence-electron chi connectivity index (χ2n) is 5.63. The number of benzene rings is 1. The van der Waals surface area contributed by atoms with Gasteiger partial charge in [0, 0.05) is 24.2 Å². The van der Waals surface area contributed by atoms with E-state index in [9.17, 15) is 14.9 Å². The molecule has 2 heterocycles. The van der Waals surface area contributed by atoms with Crippen molar-refractivity contribution in [2.24, 2.45) is 0 Å². The molecule has 1 amide bonds. The predicted octanol–water partition coefficient (Wildman–Crippen LogP) is 3.48. The molecule has 2 aromatic heterocycles. The third-order valence-electron chi connectivity index (χ3n) is 3.66. The summed E-state index contributed by atoms with van der Waals surface area (Å²) in [5, 5.41) is 22.2. The minimum Gasteiger partial charge on any atom is -0.308 e. The number of anilines is 1. The van der Waals surface area contributed by atoms with E-state index in [4.69, 9.17) is 11.6 Å². The third kappa shape index (κ3) is 4.92. The van der Waals surface area contributed by atoms with Gasteiger partial charge in [-0.05, 0) is 27.6 Å². The van der Waals surface area contributed by atoms with Gasteiger partial charge in [0.1, 0.15) is 12.4 Å². The van der Waals surface area contributed by atoms with E-state index in [-0.39, 0.29) is 24.6 Å². The highest BCUT2D eigenvalue weighted by Gasteiger charge is 2.13. The molecule has 1 N–H and O–H groups in total. The van der Waals surface area contributed by atoms with Gasteiger partial charge in [-0.2, -0.15) is 10.2 Å². The first kappa shape index (κ1) is 19.1. The molecule has 27 heavy (non-hydrogen) atoms. The average Bonchev–Trinajstić information content (AvgIpc) is 3.22. The Labute approximate surface area is 167 Å². The number of rotatable bonds is 7. The van der Waals surface area contributed by atoms with Crippen LogP contribution in [0.15, 0.2) is 47.3 Å². The fourth-order valence-corrected chi connectivity index (χ4v) is 2.95. The van der Waals surface area contributed by atoms with Crippen molar-refractivity contribution in [1.29, 1.82) is 0 Å². The number of carbonyl (C=O) groups is 1. The molecular formula is C16H14BrClN6O3. The van der Waals surface area contributed by atoms with Gasteiger partial charge < -0.3 is 5.32 Å². The molecule has 0 aliphatic carbocycles. The fourth-order valence-electron chi connectivity index (χ4n) is 2.34. The molecule has 3 rings (SSSR count). The summed E-state index contributed by atoms with van der Waals surface area (Å²) in [5.74, 6) is 0.107. The summed E-state index contributed by atoms with van der Waals surface area (Å²) in [6, 6.07) is 7.45. The lowest BCUT2D eigenvalue weighted by molar-refractivity contribution is -0.385. The van der Waals surface area contributed by atoms with E-state index in [1.54, 1.807) is 16.9 Å². The van der Waals surface area contributed by atoms with Crippen LogP contribution in [0.4, 0.5) is 11.5 Å². The van der Waals surface area contributed by atoms with Crippen LogP contribution in [0.25, 0.3) is 0 Å². The number of nitrogens with one attached hydrogen (secondary N) is 1. The van der Waals surface area contributed by atoms with Crippen LogP contribution in [0.5, 0.6) is 0 Å². The van der Waals surface area contributed by atoms with Crippen molar-refractivity contribution in [3.05, 3.63) is 68.0 Å². The van der Waals surface area contributed by atoms with E-state index >= 15 is 0 Å². The van der Waals surface area contributed by atoms with Crippen LogP contribution in [0.1, 0.15) is 12.0 Å². The van der Waals surface area contributed by atoms with Gasteiger partial charge in [0.15, 0.2) is 5.82 Å². The van der Waals surface area contributed by atoms with Crippen LogP contribution >= 0.6 is 27.5 Å². The zero-order chi connectivity index (χ0) is 19.4. The lowest BCUT2D eigenvalue weighted by Crippen LogP contribution is -2.15. The normalized spacial score (nSPS) is 10.7. The molecule has 11 heteroatoms. The zero-order valence-electron chi connectivity index (χ0n) is 13.9. The van der Waals surface area contributed by atoms with Crippen molar-refractivity contribution in [2.75, 3.05) is 5.32 Å². The summed E-state index contributed by atoms with van der Waals surface area (Å²) in [5.41, 5.74) is 0.795. The summed E-state index contributed by atoms with van der Waals surface area (Å²) in [7, 11) is 0. The number of amides is 1. The van der Waals surface area contributed by atoms with E-state index in [0.717, 1.165) is 11.8 Å². The van der Waals surface area contributed by atoms with E-state index in [2.05, 4.69) is 31.4 Å². The van der Waals surface area contributed by atoms with Crippen molar-refractivity contribution in [1.82, 2.24) is 19.6 Å². The maximum absolute atomic E-state index is 12.1.